The van der Waals surface area contributed by atoms with E-state index in [4.69, 9.17) is 4.42 Å². The summed E-state index contributed by atoms with van der Waals surface area (Å²) in [7, 11) is 0. The van der Waals surface area contributed by atoms with E-state index in [1.807, 2.05) is 0 Å². The summed E-state index contributed by atoms with van der Waals surface area (Å²) < 4.78 is 42.9. The Morgan fingerprint density at radius 2 is 1.95 bits per heavy atom. The molecule has 0 spiro atoms. The van der Waals surface area contributed by atoms with E-state index in [9.17, 15) is 18.3 Å². The van der Waals surface area contributed by atoms with Crippen molar-refractivity contribution >= 4 is 16.9 Å². The number of aliphatic hydroxyl groups excluding tert-OH is 1. The second-order valence-electron chi connectivity index (χ2n) is 4.58. The fraction of sp³-hybridized carbons (Fsp3) is 0.0667. The average molecular weight is 306 g/mol. The van der Waals surface area contributed by atoms with Crippen LogP contribution < -0.4 is 0 Å². The van der Waals surface area contributed by atoms with Crippen molar-refractivity contribution in [3.05, 3.63) is 54.4 Å². The number of oxazole rings is 1. The van der Waals surface area contributed by atoms with Gasteiger partial charge in [-0.2, -0.15) is 13.2 Å². The topological polar surface area (TPSA) is 59.2 Å². The Morgan fingerprint density at radius 3 is 2.55 bits per heavy atom. The van der Waals surface area contributed by atoms with Crippen LogP contribution >= 0.6 is 0 Å². The SMILES string of the molecule is C=C(O)c1ccc2nc(-c3ccc(C(F)(F)F)nc3)oc2c1. The highest BCUT2D eigenvalue weighted by Gasteiger charge is 2.32. The number of halogens is 3. The Labute approximate surface area is 122 Å². The van der Waals surface area contributed by atoms with Crippen molar-refractivity contribution < 1.29 is 22.7 Å². The maximum Gasteiger partial charge on any atom is 0.433 e. The molecule has 0 saturated heterocycles. The van der Waals surface area contributed by atoms with E-state index in [0.29, 0.717) is 22.2 Å². The van der Waals surface area contributed by atoms with Crippen LogP contribution in [0, 0.1) is 0 Å². The standard InChI is InChI=1S/C15H9F3N2O2/c1-8(21)9-2-4-11-12(6-9)22-14(20-11)10-3-5-13(19-7-10)15(16,17)18/h2-7,21H,1H2. The van der Waals surface area contributed by atoms with Crippen LogP contribution in [-0.4, -0.2) is 15.1 Å². The van der Waals surface area contributed by atoms with Gasteiger partial charge >= 0.3 is 6.18 Å². The molecule has 0 unspecified atom stereocenters. The van der Waals surface area contributed by atoms with Gasteiger partial charge < -0.3 is 9.52 Å². The van der Waals surface area contributed by atoms with Gasteiger partial charge in [-0.3, -0.25) is 4.98 Å². The molecule has 22 heavy (non-hydrogen) atoms. The Morgan fingerprint density at radius 1 is 1.18 bits per heavy atom. The smallest absolute Gasteiger partial charge is 0.433 e. The minimum Gasteiger partial charge on any atom is -0.508 e. The van der Waals surface area contributed by atoms with Gasteiger partial charge in [0.05, 0.1) is 5.56 Å². The van der Waals surface area contributed by atoms with Crippen LogP contribution in [0.2, 0.25) is 0 Å². The number of hydrogen-bond acceptors (Lipinski definition) is 4. The highest BCUT2D eigenvalue weighted by molar-refractivity contribution is 5.79. The van der Waals surface area contributed by atoms with E-state index < -0.39 is 11.9 Å². The molecule has 0 aliphatic rings. The molecule has 0 fully saturated rings. The van der Waals surface area contributed by atoms with Crippen LogP contribution in [0.3, 0.4) is 0 Å². The van der Waals surface area contributed by atoms with Gasteiger partial charge in [0.2, 0.25) is 5.89 Å². The third kappa shape index (κ3) is 2.52. The zero-order valence-corrected chi connectivity index (χ0v) is 11.1. The second-order valence-corrected chi connectivity index (χ2v) is 4.58. The Hall–Kier alpha value is -2.83. The molecular formula is C15H9F3N2O2. The van der Waals surface area contributed by atoms with Gasteiger partial charge in [0.25, 0.3) is 0 Å². The van der Waals surface area contributed by atoms with Crippen LogP contribution in [0.25, 0.3) is 28.3 Å². The third-order valence-electron chi connectivity index (χ3n) is 3.02. The molecule has 4 nitrogen and oxygen atoms in total. The van der Waals surface area contributed by atoms with Crippen molar-refractivity contribution in [3.8, 4) is 11.5 Å². The van der Waals surface area contributed by atoms with E-state index >= 15 is 0 Å². The van der Waals surface area contributed by atoms with Crippen molar-refractivity contribution in [1.29, 1.82) is 0 Å². The summed E-state index contributed by atoms with van der Waals surface area (Å²) in [4.78, 5) is 7.54. The Bertz CT molecular complexity index is 851. The van der Waals surface area contributed by atoms with Crippen molar-refractivity contribution in [1.82, 2.24) is 9.97 Å². The third-order valence-corrected chi connectivity index (χ3v) is 3.02. The summed E-state index contributed by atoms with van der Waals surface area (Å²) >= 11 is 0. The van der Waals surface area contributed by atoms with E-state index in [0.717, 1.165) is 12.3 Å². The molecule has 0 atom stereocenters. The molecule has 3 aromatic rings. The van der Waals surface area contributed by atoms with Crippen LogP contribution in [0.1, 0.15) is 11.3 Å². The van der Waals surface area contributed by atoms with Gasteiger partial charge in [-0.05, 0) is 30.3 Å². The van der Waals surface area contributed by atoms with Crippen LogP contribution in [0.4, 0.5) is 13.2 Å². The number of aliphatic hydroxyl groups is 1. The number of benzene rings is 1. The Balaban J connectivity index is 2.01. The number of hydrogen-bond donors (Lipinski definition) is 1. The van der Waals surface area contributed by atoms with Gasteiger partial charge in [-0.1, -0.05) is 6.58 Å². The molecule has 0 bridgehead atoms. The number of alkyl halides is 3. The fourth-order valence-electron chi connectivity index (χ4n) is 1.92. The molecular weight excluding hydrogens is 297 g/mol. The van der Waals surface area contributed by atoms with E-state index in [2.05, 4.69) is 16.5 Å². The molecule has 0 aliphatic heterocycles. The molecule has 2 aromatic heterocycles. The van der Waals surface area contributed by atoms with Crippen LogP contribution in [-0.2, 0) is 6.18 Å². The number of rotatable bonds is 2. The number of nitrogens with zero attached hydrogens (tertiary/aromatic N) is 2. The van der Waals surface area contributed by atoms with Gasteiger partial charge in [-0.25, -0.2) is 4.98 Å². The maximum absolute atomic E-state index is 12.5. The highest BCUT2D eigenvalue weighted by Crippen LogP contribution is 2.30. The zero-order valence-electron chi connectivity index (χ0n) is 11.1. The van der Waals surface area contributed by atoms with Crippen molar-refractivity contribution in [2.75, 3.05) is 0 Å². The lowest BCUT2D eigenvalue weighted by Gasteiger charge is -2.04. The van der Waals surface area contributed by atoms with E-state index in [1.165, 1.54) is 6.07 Å². The normalized spacial score (nSPS) is 11.8. The molecule has 1 N–H and O–H groups in total. The number of pyridine rings is 1. The molecule has 3 rings (SSSR count). The lowest BCUT2D eigenvalue weighted by atomic mass is 10.2. The summed E-state index contributed by atoms with van der Waals surface area (Å²) in [5.41, 5.74) is 0.725. The Kier molecular flexibility index (Phi) is 3.13. The lowest BCUT2D eigenvalue weighted by molar-refractivity contribution is -0.141. The predicted molar refractivity (Wildman–Crippen MR) is 73.9 cm³/mol. The number of aromatic nitrogens is 2. The van der Waals surface area contributed by atoms with Crippen molar-refractivity contribution in [2.24, 2.45) is 0 Å². The average Bonchev–Trinajstić information content (AvgIpc) is 2.89. The van der Waals surface area contributed by atoms with Crippen molar-refractivity contribution in [2.45, 2.75) is 6.18 Å². The predicted octanol–water partition coefficient (Wildman–Crippen LogP) is 4.44. The molecule has 112 valence electrons. The van der Waals surface area contributed by atoms with Gasteiger partial charge in [0.1, 0.15) is 17.0 Å². The largest absolute Gasteiger partial charge is 0.508 e. The summed E-state index contributed by atoms with van der Waals surface area (Å²) in [5.74, 6) is 0.0352. The number of fused-ring (bicyclic) bond motifs is 1. The first-order valence-electron chi connectivity index (χ1n) is 6.17. The van der Waals surface area contributed by atoms with Gasteiger partial charge in [0, 0.05) is 11.8 Å². The van der Waals surface area contributed by atoms with Crippen LogP contribution in [0.15, 0.2) is 47.5 Å². The summed E-state index contributed by atoms with van der Waals surface area (Å²) in [6.45, 7) is 3.41. The van der Waals surface area contributed by atoms with E-state index in [1.54, 1.807) is 18.2 Å². The minimum absolute atomic E-state index is 0.115. The first-order valence-corrected chi connectivity index (χ1v) is 6.17. The van der Waals surface area contributed by atoms with Crippen LogP contribution in [0.5, 0.6) is 0 Å². The van der Waals surface area contributed by atoms with Gasteiger partial charge in [-0.15, -0.1) is 0 Å². The summed E-state index contributed by atoms with van der Waals surface area (Å²) in [5, 5.41) is 9.34. The molecule has 0 aliphatic carbocycles. The maximum atomic E-state index is 12.5. The molecule has 2 heterocycles. The monoisotopic (exact) mass is 306 g/mol. The summed E-state index contributed by atoms with van der Waals surface area (Å²) in [6.07, 6.45) is -3.43. The first kappa shape index (κ1) is 14.1. The molecule has 0 amide bonds. The highest BCUT2D eigenvalue weighted by atomic mass is 19.4. The van der Waals surface area contributed by atoms with E-state index in [-0.39, 0.29) is 11.6 Å². The first-order chi connectivity index (χ1) is 10.3. The minimum atomic E-state index is -4.49. The molecule has 7 heteroatoms. The van der Waals surface area contributed by atoms with Crippen molar-refractivity contribution in [3.63, 3.8) is 0 Å². The second kappa shape index (κ2) is 4.87. The van der Waals surface area contributed by atoms with Gasteiger partial charge in [0.15, 0.2) is 5.58 Å². The quantitative estimate of drug-likeness (QED) is 0.711. The summed E-state index contributed by atoms with van der Waals surface area (Å²) in [6, 6.07) is 6.89. The fourth-order valence-corrected chi connectivity index (χ4v) is 1.92. The molecule has 0 saturated carbocycles. The lowest BCUT2D eigenvalue weighted by Crippen LogP contribution is -2.07. The molecule has 1 aromatic carbocycles. The zero-order chi connectivity index (χ0) is 15.9. The molecule has 0 radical (unpaired) electrons.